The first-order valence-electron chi connectivity index (χ1n) is 4.33. The average molecular weight is 300 g/mol. The predicted molar refractivity (Wildman–Crippen MR) is 62.8 cm³/mol. The van der Waals surface area contributed by atoms with E-state index in [-0.39, 0.29) is 27.2 Å². The molecule has 0 aromatic heterocycles. The standard InChI is InChI=1S/C8H10N.C2H5S.Sn/c1-7(9)8-5-3-2-4-6-8;1-3-2;/h2-5,7H,9H2,1H3;1H2,2H3;. The zero-order chi connectivity index (χ0) is 9.68. The van der Waals surface area contributed by atoms with Crippen LogP contribution in [0.2, 0.25) is 0 Å². The van der Waals surface area contributed by atoms with Gasteiger partial charge in [0, 0.05) is 0 Å². The summed E-state index contributed by atoms with van der Waals surface area (Å²) in [6, 6.07) is 8.82. The molecule has 0 aliphatic carbocycles. The van der Waals surface area contributed by atoms with Gasteiger partial charge in [-0.15, -0.1) is 0 Å². The molecule has 0 aliphatic heterocycles. The maximum atomic E-state index is 5.91. The van der Waals surface area contributed by atoms with E-state index in [0.717, 1.165) is 0 Å². The van der Waals surface area contributed by atoms with Gasteiger partial charge in [0.25, 0.3) is 0 Å². The molecule has 2 radical (unpaired) electrons. The third-order valence-electron chi connectivity index (χ3n) is 1.86. The summed E-state index contributed by atoms with van der Waals surface area (Å²) in [4.78, 5) is 0. The molecule has 0 saturated carbocycles. The van der Waals surface area contributed by atoms with Gasteiger partial charge in [-0.3, -0.25) is 0 Å². The summed E-state index contributed by atoms with van der Waals surface area (Å²) in [5.74, 6) is 0. The third kappa shape index (κ3) is 3.52. The number of benzene rings is 1. The van der Waals surface area contributed by atoms with Crippen LogP contribution in [0.4, 0.5) is 0 Å². The quantitative estimate of drug-likeness (QED) is 0.850. The maximum absolute atomic E-state index is 5.91. The molecule has 0 bridgehead atoms. The molecular formula is C10H15NSSn. The Balaban J connectivity index is 2.78. The van der Waals surface area contributed by atoms with Crippen molar-refractivity contribution in [2.75, 3.05) is 10.0 Å². The Morgan fingerprint density at radius 1 is 1.46 bits per heavy atom. The molecule has 2 N–H and O–H groups in total. The zero-order valence-electron chi connectivity index (χ0n) is 8.08. The van der Waals surface area contributed by atoms with Crippen molar-refractivity contribution in [2.24, 2.45) is 5.73 Å². The van der Waals surface area contributed by atoms with E-state index in [4.69, 9.17) is 5.73 Å². The molecule has 1 rings (SSSR count). The van der Waals surface area contributed by atoms with Gasteiger partial charge in [0.2, 0.25) is 0 Å². The van der Waals surface area contributed by atoms with Crippen molar-refractivity contribution >= 4 is 36.5 Å². The SMILES string of the molecule is CS[CH2][Sn][c]1ccccc1C(C)N. The van der Waals surface area contributed by atoms with Crippen molar-refractivity contribution in [1.29, 1.82) is 0 Å². The summed E-state index contributed by atoms with van der Waals surface area (Å²) in [6.07, 6.45) is 2.18. The topological polar surface area (TPSA) is 26.0 Å². The van der Waals surface area contributed by atoms with Crippen molar-refractivity contribution < 1.29 is 0 Å². The molecule has 1 nitrogen and oxygen atoms in total. The third-order valence-corrected chi connectivity index (χ3v) is 8.39. The molecule has 0 spiro atoms. The summed E-state index contributed by atoms with van der Waals surface area (Å²) in [6.45, 7) is 2.07. The summed E-state index contributed by atoms with van der Waals surface area (Å²) < 4.78 is 2.91. The molecule has 0 fully saturated rings. The first-order valence-corrected chi connectivity index (χ1v) is 9.17. The molecule has 1 unspecified atom stereocenters. The van der Waals surface area contributed by atoms with Crippen LogP contribution in [-0.2, 0) is 0 Å². The van der Waals surface area contributed by atoms with Crippen molar-refractivity contribution in [1.82, 2.24) is 0 Å². The van der Waals surface area contributed by atoms with Gasteiger partial charge in [-0.2, -0.15) is 0 Å². The summed E-state index contributed by atoms with van der Waals surface area (Å²) in [7, 11) is 0. The normalized spacial score (nSPS) is 12.8. The van der Waals surface area contributed by atoms with Crippen LogP contribution in [0.1, 0.15) is 18.5 Å². The van der Waals surface area contributed by atoms with E-state index < -0.39 is 0 Å². The van der Waals surface area contributed by atoms with Crippen molar-refractivity contribution in [3.05, 3.63) is 29.8 Å². The predicted octanol–water partition coefficient (Wildman–Crippen LogP) is 1.36. The first kappa shape index (κ1) is 11.4. The van der Waals surface area contributed by atoms with Crippen LogP contribution in [-0.4, -0.2) is 31.2 Å². The Morgan fingerprint density at radius 3 is 2.77 bits per heavy atom. The Morgan fingerprint density at radius 2 is 2.15 bits per heavy atom. The number of thioether (sulfide) groups is 1. The summed E-state index contributed by atoms with van der Waals surface area (Å²) >= 11 is 1.58. The van der Waals surface area contributed by atoms with Crippen LogP contribution in [0.15, 0.2) is 24.3 Å². The fourth-order valence-electron chi connectivity index (χ4n) is 1.20. The zero-order valence-corrected chi connectivity index (χ0v) is 11.8. The Bertz CT molecular complexity index is 263. The van der Waals surface area contributed by atoms with Gasteiger partial charge in [0.05, 0.1) is 0 Å². The van der Waals surface area contributed by atoms with E-state index in [0.29, 0.717) is 0 Å². The minimum atomic E-state index is -0.374. The number of rotatable bonds is 4. The van der Waals surface area contributed by atoms with Gasteiger partial charge in [0.1, 0.15) is 0 Å². The molecule has 1 aromatic carbocycles. The van der Waals surface area contributed by atoms with Crippen LogP contribution in [0.5, 0.6) is 0 Å². The molecule has 1 aromatic rings. The minimum absolute atomic E-state index is 0.193. The van der Waals surface area contributed by atoms with Crippen molar-refractivity contribution in [2.45, 2.75) is 13.0 Å². The van der Waals surface area contributed by atoms with Crippen LogP contribution in [0.3, 0.4) is 0 Å². The van der Waals surface area contributed by atoms with E-state index in [1.165, 1.54) is 9.33 Å². The molecular weight excluding hydrogens is 285 g/mol. The molecule has 0 saturated heterocycles. The monoisotopic (exact) mass is 301 g/mol. The van der Waals surface area contributed by atoms with Crippen LogP contribution in [0.25, 0.3) is 0 Å². The van der Waals surface area contributed by atoms with Crippen LogP contribution >= 0.6 is 11.8 Å². The Kier molecular flexibility index (Phi) is 5.21. The van der Waals surface area contributed by atoms with Gasteiger partial charge in [-0.05, 0) is 0 Å². The van der Waals surface area contributed by atoms with E-state index in [1.807, 2.05) is 11.8 Å². The molecule has 70 valence electrons. The van der Waals surface area contributed by atoms with Gasteiger partial charge in [0.15, 0.2) is 0 Å². The second-order valence-corrected chi connectivity index (χ2v) is 8.87. The first-order chi connectivity index (χ1) is 6.25. The number of hydrogen-bond donors (Lipinski definition) is 1. The van der Waals surface area contributed by atoms with Crippen molar-refractivity contribution in [3.63, 3.8) is 0 Å². The van der Waals surface area contributed by atoms with E-state index in [1.54, 1.807) is 3.58 Å². The number of hydrogen-bond acceptors (Lipinski definition) is 2. The van der Waals surface area contributed by atoms with Gasteiger partial charge in [-0.1, -0.05) is 0 Å². The average Bonchev–Trinajstić information content (AvgIpc) is 2.15. The fraction of sp³-hybridized carbons (Fsp3) is 0.400. The van der Waals surface area contributed by atoms with E-state index in [2.05, 4.69) is 37.4 Å². The molecule has 0 heterocycles. The Labute approximate surface area is 94.7 Å². The molecule has 1 atom stereocenters. The Hall–Kier alpha value is 0.329. The second kappa shape index (κ2) is 5.93. The summed E-state index contributed by atoms with van der Waals surface area (Å²) in [5, 5.41) is 0. The fourth-order valence-corrected chi connectivity index (χ4v) is 6.15. The number of nitrogens with two attached hydrogens (primary N) is 1. The van der Waals surface area contributed by atoms with Crippen LogP contribution in [0, 0.1) is 0 Å². The second-order valence-electron chi connectivity index (χ2n) is 2.99. The van der Waals surface area contributed by atoms with E-state index >= 15 is 0 Å². The molecule has 3 heteroatoms. The van der Waals surface area contributed by atoms with Crippen molar-refractivity contribution in [3.8, 4) is 0 Å². The molecule has 0 amide bonds. The van der Waals surface area contributed by atoms with Gasteiger partial charge < -0.3 is 0 Å². The molecule has 13 heavy (non-hydrogen) atoms. The van der Waals surface area contributed by atoms with Crippen LogP contribution < -0.4 is 9.31 Å². The molecule has 0 aliphatic rings. The summed E-state index contributed by atoms with van der Waals surface area (Å²) in [5.41, 5.74) is 7.27. The van der Waals surface area contributed by atoms with E-state index in [9.17, 15) is 0 Å². The van der Waals surface area contributed by atoms with Gasteiger partial charge in [-0.25, -0.2) is 0 Å². The van der Waals surface area contributed by atoms with Gasteiger partial charge >= 0.3 is 95.0 Å².